The van der Waals surface area contributed by atoms with Gasteiger partial charge in [-0.3, -0.25) is 24.0 Å². The highest BCUT2D eigenvalue weighted by Crippen LogP contribution is 2.42. The summed E-state index contributed by atoms with van der Waals surface area (Å²) in [6, 6.07) is 23.2. The molecule has 0 saturated carbocycles. The van der Waals surface area contributed by atoms with Gasteiger partial charge in [-0.2, -0.15) is 0 Å². The number of ketones is 1. The maximum atomic E-state index is 13.8. The topological polar surface area (TPSA) is 84.5 Å². The minimum atomic E-state index is -1.00. The Balaban J connectivity index is 1.77. The predicted octanol–water partition coefficient (Wildman–Crippen LogP) is 4.76. The van der Waals surface area contributed by atoms with Gasteiger partial charge in [-0.25, -0.2) is 4.68 Å². The Morgan fingerprint density at radius 1 is 0.861 bits per heavy atom. The molecular weight excluding hydrogens is 478 g/mol. The molecule has 1 aliphatic rings. The van der Waals surface area contributed by atoms with E-state index in [4.69, 9.17) is 11.6 Å². The Bertz CT molecular complexity index is 1570. The van der Waals surface area contributed by atoms with Gasteiger partial charge in [0.05, 0.1) is 23.0 Å². The van der Waals surface area contributed by atoms with Gasteiger partial charge in [0.2, 0.25) is 0 Å². The van der Waals surface area contributed by atoms with Crippen molar-refractivity contribution in [2.24, 2.45) is 7.05 Å². The number of Topliss-reactive ketones (excluding diaryl/α,β-unsaturated/α-hetero) is 1. The Hall–Kier alpha value is -4.36. The minimum absolute atomic E-state index is 0.0764. The van der Waals surface area contributed by atoms with Crippen molar-refractivity contribution in [3.63, 3.8) is 0 Å². The molecule has 5 rings (SSSR count). The van der Waals surface area contributed by atoms with Crippen LogP contribution in [-0.2, 0) is 16.6 Å². The lowest BCUT2D eigenvalue weighted by molar-refractivity contribution is -0.132. The van der Waals surface area contributed by atoms with E-state index in [1.807, 2.05) is 24.3 Å². The fraction of sp³-hybridized carbons (Fsp3) is 0.107. The third-order valence-corrected chi connectivity index (χ3v) is 6.69. The lowest BCUT2D eigenvalue weighted by Crippen LogP contribution is -2.34. The number of para-hydroxylation sites is 1. The second-order valence-electron chi connectivity index (χ2n) is 8.50. The van der Waals surface area contributed by atoms with Crippen LogP contribution in [0.1, 0.15) is 22.9 Å². The number of rotatable bonds is 4. The van der Waals surface area contributed by atoms with Gasteiger partial charge in [0.1, 0.15) is 11.4 Å². The quantitative estimate of drug-likeness (QED) is 0.249. The van der Waals surface area contributed by atoms with Crippen molar-refractivity contribution in [3.8, 4) is 5.69 Å². The first-order valence-corrected chi connectivity index (χ1v) is 11.6. The number of amides is 1. The number of aliphatic hydroxyl groups excluding tert-OH is 1. The highest BCUT2D eigenvalue weighted by molar-refractivity contribution is 6.51. The van der Waals surface area contributed by atoms with E-state index >= 15 is 0 Å². The number of halogens is 1. The molecule has 36 heavy (non-hydrogen) atoms. The third kappa shape index (κ3) is 3.65. The summed E-state index contributed by atoms with van der Waals surface area (Å²) >= 11 is 5.99. The van der Waals surface area contributed by atoms with E-state index < -0.39 is 23.3 Å². The summed E-state index contributed by atoms with van der Waals surface area (Å²) < 4.78 is 3.10. The van der Waals surface area contributed by atoms with Crippen molar-refractivity contribution in [3.05, 3.63) is 123 Å². The van der Waals surface area contributed by atoms with Gasteiger partial charge in [0.15, 0.2) is 0 Å². The normalized spacial score (nSPS) is 17.1. The summed E-state index contributed by atoms with van der Waals surface area (Å²) in [5, 5.41) is 11.7. The fourth-order valence-electron chi connectivity index (χ4n) is 4.61. The molecule has 0 spiro atoms. The largest absolute Gasteiger partial charge is 0.507 e. The van der Waals surface area contributed by atoms with Crippen LogP contribution >= 0.6 is 11.6 Å². The van der Waals surface area contributed by atoms with E-state index in [2.05, 4.69) is 0 Å². The van der Waals surface area contributed by atoms with E-state index in [9.17, 15) is 19.5 Å². The molecule has 1 aliphatic heterocycles. The highest BCUT2D eigenvalue weighted by atomic mass is 35.5. The molecule has 2 heterocycles. The average Bonchev–Trinajstić information content (AvgIpc) is 3.28. The highest BCUT2D eigenvalue weighted by Gasteiger charge is 2.49. The van der Waals surface area contributed by atoms with Crippen molar-refractivity contribution in [2.45, 2.75) is 13.0 Å². The minimum Gasteiger partial charge on any atom is -0.507 e. The van der Waals surface area contributed by atoms with Crippen LogP contribution < -0.4 is 10.5 Å². The first-order chi connectivity index (χ1) is 17.3. The average molecular weight is 500 g/mol. The molecule has 1 aromatic heterocycles. The van der Waals surface area contributed by atoms with Crippen LogP contribution in [0.5, 0.6) is 0 Å². The van der Waals surface area contributed by atoms with Crippen LogP contribution in [-0.4, -0.2) is 26.2 Å². The molecule has 0 radical (unpaired) electrons. The Morgan fingerprint density at radius 3 is 2.06 bits per heavy atom. The smallest absolute Gasteiger partial charge is 0.300 e. The molecule has 7 nitrogen and oxygen atoms in total. The SMILES string of the molecule is Cc1c(N2C(=O)C(=O)/C(=C(/O)c3ccc(Cl)cc3)[C@H]2c2ccccc2)c(=O)n(-c2ccccc2)n1C. The van der Waals surface area contributed by atoms with E-state index in [1.165, 1.54) is 9.58 Å². The molecule has 4 aromatic rings. The molecule has 0 aliphatic carbocycles. The molecular formula is C28H22ClN3O4. The lowest BCUT2D eigenvalue weighted by atomic mass is 9.95. The maximum absolute atomic E-state index is 13.8. The summed E-state index contributed by atoms with van der Waals surface area (Å²) in [7, 11) is 1.72. The number of nitrogens with zero attached hydrogens (tertiary/aromatic N) is 3. The van der Waals surface area contributed by atoms with Crippen molar-refractivity contribution >= 4 is 34.7 Å². The molecule has 8 heteroatoms. The monoisotopic (exact) mass is 499 g/mol. The molecule has 180 valence electrons. The Labute approximate surface area is 212 Å². The summed E-state index contributed by atoms with van der Waals surface area (Å²) in [5.41, 5.74) is 1.57. The number of benzene rings is 3. The fourth-order valence-corrected chi connectivity index (χ4v) is 4.73. The van der Waals surface area contributed by atoms with Crippen LogP contribution in [0, 0.1) is 6.92 Å². The zero-order chi connectivity index (χ0) is 25.6. The van der Waals surface area contributed by atoms with Crippen LogP contribution in [0.4, 0.5) is 5.69 Å². The van der Waals surface area contributed by atoms with Gasteiger partial charge < -0.3 is 5.11 Å². The van der Waals surface area contributed by atoms with Gasteiger partial charge in [0, 0.05) is 17.6 Å². The number of aromatic nitrogens is 2. The van der Waals surface area contributed by atoms with Gasteiger partial charge in [-0.05, 0) is 48.9 Å². The number of anilines is 1. The number of hydrogen-bond donors (Lipinski definition) is 1. The molecule has 1 atom stereocenters. The third-order valence-electron chi connectivity index (χ3n) is 6.44. The Kier molecular flexibility index (Phi) is 5.86. The maximum Gasteiger partial charge on any atom is 0.300 e. The summed E-state index contributed by atoms with van der Waals surface area (Å²) in [5.74, 6) is -2.09. The van der Waals surface area contributed by atoms with Crippen molar-refractivity contribution in [2.75, 3.05) is 4.90 Å². The summed E-state index contributed by atoms with van der Waals surface area (Å²) in [6.45, 7) is 1.72. The van der Waals surface area contributed by atoms with Crippen molar-refractivity contribution in [1.82, 2.24) is 9.36 Å². The number of carbonyl (C=O) groups excluding carboxylic acids is 2. The second-order valence-corrected chi connectivity index (χ2v) is 8.93. The molecule has 1 saturated heterocycles. The zero-order valence-electron chi connectivity index (χ0n) is 19.6. The van der Waals surface area contributed by atoms with Crippen LogP contribution in [0.15, 0.2) is 95.3 Å². The van der Waals surface area contributed by atoms with E-state index in [1.54, 1.807) is 79.3 Å². The van der Waals surface area contributed by atoms with E-state index in [0.717, 1.165) is 0 Å². The molecule has 0 bridgehead atoms. The van der Waals surface area contributed by atoms with Gasteiger partial charge in [0.25, 0.3) is 17.2 Å². The first kappa shape index (κ1) is 23.4. The zero-order valence-corrected chi connectivity index (χ0v) is 20.3. The summed E-state index contributed by atoms with van der Waals surface area (Å²) in [6.07, 6.45) is 0. The van der Waals surface area contributed by atoms with Gasteiger partial charge >= 0.3 is 0 Å². The number of carbonyl (C=O) groups is 2. The standard InChI is InChI=1S/C28H22ClN3O4/c1-17-23(27(35)32(30(17)2)21-11-7-4-8-12-21)31-24(18-9-5-3-6-10-18)22(26(34)28(31)36)25(33)19-13-15-20(29)16-14-19/h3-16,24,33H,1-2H3/b25-22+/t24-/m1/s1. The lowest BCUT2D eigenvalue weighted by Gasteiger charge is -2.24. The van der Waals surface area contributed by atoms with Crippen molar-refractivity contribution < 1.29 is 14.7 Å². The van der Waals surface area contributed by atoms with Crippen LogP contribution in [0.2, 0.25) is 5.02 Å². The molecule has 1 fully saturated rings. The van der Waals surface area contributed by atoms with Crippen molar-refractivity contribution in [1.29, 1.82) is 0 Å². The van der Waals surface area contributed by atoms with Crippen LogP contribution in [0.3, 0.4) is 0 Å². The summed E-state index contributed by atoms with van der Waals surface area (Å²) in [4.78, 5) is 41.9. The van der Waals surface area contributed by atoms with Gasteiger partial charge in [-0.15, -0.1) is 0 Å². The van der Waals surface area contributed by atoms with E-state index in [-0.39, 0.29) is 17.0 Å². The number of hydrogen-bond acceptors (Lipinski definition) is 4. The molecule has 0 unspecified atom stereocenters. The molecule has 1 amide bonds. The van der Waals surface area contributed by atoms with Crippen LogP contribution in [0.25, 0.3) is 11.4 Å². The predicted molar refractivity (Wildman–Crippen MR) is 138 cm³/mol. The Morgan fingerprint density at radius 2 is 1.44 bits per heavy atom. The number of aliphatic hydroxyl groups is 1. The molecule has 1 N–H and O–H groups in total. The van der Waals surface area contributed by atoms with E-state index in [0.29, 0.717) is 27.5 Å². The molecule has 3 aromatic carbocycles. The van der Waals surface area contributed by atoms with Gasteiger partial charge in [-0.1, -0.05) is 60.1 Å². The second kappa shape index (κ2) is 9.02. The first-order valence-electron chi connectivity index (χ1n) is 11.3.